The average Bonchev–Trinajstić information content (AvgIpc) is 3.46. The number of hydrogen-bond donors (Lipinski definition) is 1. The van der Waals surface area contributed by atoms with Crippen LogP contribution >= 0.6 is 22.9 Å². The molecule has 9 heteroatoms. The molecule has 2 unspecified atom stereocenters. The van der Waals surface area contributed by atoms with Gasteiger partial charge in [-0.15, -0.1) is 11.3 Å². The number of thiophene rings is 1. The van der Waals surface area contributed by atoms with Gasteiger partial charge in [-0.2, -0.15) is 0 Å². The summed E-state index contributed by atoms with van der Waals surface area (Å²) in [6, 6.07) is 12.4. The van der Waals surface area contributed by atoms with Crippen LogP contribution in [0.1, 0.15) is 54.1 Å². The summed E-state index contributed by atoms with van der Waals surface area (Å²) in [5.41, 5.74) is 6.38. The van der Waals surface area contributed by atoms with Crippen molar-refractivity contribution < 1.29 is 14.3 Å². The van der Waals surface area contributed by atoms with Crippen LogP contribution in [0.25, 0.3) is 27.6 Å². The minimum atomic E-state index is -0.152. The lowest BCUT2D eigenvalue weighted by Crippen LogP contribution is -2.18. The number of carbonyl (C=O) groups excluding carboxylic acids is 1. The van der Waals surface area contributed by atoms with Crippen LogP contribution in [0.15, 0.2) is 47.9 Å². The quantitative estimate of drug-likeness (QED) is 0.194. The van der Waals surface area contributed by atoms with Crippen molar-refractivity contribution in [3.8, 4) is 16.9 Å². The number of aryl methyl sites for hydroxylation is 1. The van der Waals surface area contributed by atoms with Gasteiger partial charge in [-0.1, -0.05) is 29.8 Å². The van der Waals surface area contributed by atoms with Crippen LogP contribution in [0.4, 0.5) is 5.82 Å². The van der Waals surface area contributed by atoms with Crippen LogP contribution in [0.2, 0.25) is 5.02 Å². The third-order valence-electron chi connectivity index (χ3n) is 7.70. The lowest BCUT2D eigenvalue weighted by molar-refractivity contribution is -0.145. The summed E-state index contributed by atoms with van der Waals surface area (Å²) in [4.78, 5) is 24.9. The molecule has 2 heterocycles. The molecule has 1 N–H and O–H groups in total. The number of rotatable bonds is 9. The summed E-state index contributed by atoms with van der Waals surface area (Å²) in [7, 11) is 7.25. The number of anilines is 1. The molecule has 0 amide bonds. The van der Waals surface area contributed by atoms with Crippen molar-refractivity contribution in [2.45, 2.75) is 45.7 Å². The minimum Gasteiger partial charge on any atom is -0.496 e. The zero-order chi connectivity index (χ0) is 30.0. The minimum absolute atomic E-state index is 0.00120. The van der Waals surface area contributed by atoms with Crippen molar-refractivity contribution in [2.24, 2.45) is 5.92 Å². The van der Waals surface area contributed by atoms with Crippen LogP contribution in [0, 0.1) is 12.8 Å². The van der Waals surface area contributed by atoms with Gasteiger partial charge in [0.25, 0.3) is 0 Å². The highest BCUT2D eigenvalue weighted by Gasteiger charge is 2.25. The zero-order valence-electron chi connectivity index (χ0n) is 25.0. The highest BCUT2D eigenvalue weighted by molar-refractivity contribution is 7.10. The predicted octanol–water partition coefficient (Wildman–Crippen LogP) is 7.92. The Kier molecular flexibility index (Phi) is 9.16. The van der Waals surface area contributed by atoms with E-state index in [0.717, 1.165) is 69.1 Å². The molecule has 7 nitrogen and oxygen atoms in total. The molecule has 1 aliphatic rings. The number of fused-ring (bicyclic) bond motifs is 1. The van der Waals surface area contributed by atoms with Crippen molar-refractivity contribution in [3.05, 3.63) is 74.7 Å². The molecule has 1 aliphatic carbocycles. The van der Waals surface area contributed by atoms with Crippen molar-refractivity contribution in [3.63, 3.8) is 0 Å². The SMILES string of the molecule is COC(=O)C1CC=C(c2cc3c(NC(C)c4cc(-c5c(Cl)cccc5CN(C)C)cs4)nc(C)nc3cc2OC)CC1. The van der Waals surface area contributed by atoms with Crippen LogP contribution in [0.5, 0.6) is 5.75 Å². The van der Waals surface area contributed by atoms with Gasteiger partial charge in [0.15, 0.2) is 0 Å². The largest absolute Gasteiger partial charge is 0.496 e. The third-order valence-corrected chi connectivity index (χ3v) is 9.13. The van der Waals surface area contributed by atoms with Crippen LogP contribution in [-0.2, 0) is 16.1 Å². The lowest BCUT2D eigenvalue weighted by Gasteiger charge is -2.22. The summed E-state index contributed by atoms with van der Waals surface area (Å²) < 4.78 is 10.8. The Bertz CT molecular complexity index is 1650. The normalized spacial score (nSPS) is 15.9. The fourth-order valence-electron chi connectivity index (χ4n) is 5.61. The van der Waals surface area contributed by atoms with E-state index in [0.29, 0.717) is 12.2 Å². The highest BCUT2D eigenvalue weighted by Crippen LogP contribution is 2.40. The number of ether oxygens (including phenoxy) is 2. The van der Waals surface area contributed by atoms with Gasteiger partial charge in [-0.25, -0.2) is 9.97 Å². The molecular formula is C33H37ClN4O3S. The summed E-state index contributed by atoms with van der Waals surface area (Å²) in [6.07, 6.45) is 4.29. The van der Waals surface area contributed by atoms with E-state index in [1.54, 1.807) is 18.4 Å². The second-order valence-corrected chi connectivity index (χ2v) is 12.4. The van der Waals surface area contributed by atoms with Crippen LogP contribution in [0.3, 0.4) is 0 Å². The highest BCUT2D eigenvalue weighted by atomic mass is 35.5. The summed E-state index contributed by atoms with van der Waals surface area (Å²) in [6.45, 7) is 4.86. The van der Waals surface area contributed by atoms with Gasteiger partial charge in [0.1, 0.15) is 17.4 Å². The Morgan fingerprint density at radius 3 is 2.71 bits per heavy atom. The van der Waals surface area contributed by atoms with Crippen molar-refractivity contribution in [1.82, 2.24) is 14.9 Å². The Labute approximate surface area is 256 Å². The van der Waals surface area contributed by atoms with E-state index in [-0.39, 0.29) is 17.9 Å². The molecule has 2 aromatic heterocycles. The number of aromatic nitrogens is 2. The monoisotopic (exact) mass is 604 g/mol. The predicted molar refractivity (Wildman–Crippen MR) is 172 cm³/mol. The molecule has 0 fully saturated rings. The first-order valence-corrected chi connectivity index (χ1v) is 15.3. The fraction of sp³-hybridized carbons (Fsp3) is 0.364. The number of hydrogen-bond acceptors (Lipinski definition) is 8. The van der Waals surface area contributed by atoms with E-state index < -0.39 is 0 Å². The number of esters is 1. The Morgan fingerprint density at radius 1 is 1.21 bits per heavy atom. The average molecular weight is 605 g/mol. The van der Waals surface area contributed by atoms with Gasteiger partial charge in [0.05, 0.1) is 31.7 Å². The molecule has 5 rings (SSSR count). The molecule has 0 saturated carbocycles. The van der Waals surface area contributed by atoms with Crippen LogP contribution < -0.4 is 10.1 Å². The number of allylic oxidation sites excluding steroid dienone is 2. The Hall–Kier alpha value is -3.46. The summed E-state index contributed by atoms with van der Waals surface area (Å²) in [5, 5.41) is 7.52. The standard InChI is InChI=1S/C33H37ClN4O3S/c1-19(30-14-24(18-42-30)31-23(17-38(3)4)8-7-9-27(31)34)35-32-26-15-25(21-10-12-22(13-11-21)33(39)41-6)29(40-5)16-28(26)36-20(2)37-32/h7-10,14-16,18-19,22H,11-13,17H2,1-6H3,(H,35,36,37). The van der Waals surface area contributed by atoms with Gasteiger partial charge < -0.3 is 19.7 Å². The van der Waals surface area contributed by atoms with E-state index in [1.165, 1.54) is 17.6 Å². The second-order valence-electron chi connectivity index (χ2n) is 11.0. The summed E-state index contributed by atoms with van der Waals surface area (Å²) in [5.74, 6) is 1.97. The first-order chi connectivity index (χ1) is 20.2. The fourth-order valence-corrected chi connectivity index (χ4v) is 6.82. The number of methoxy groups -OCH3 is 2. The van der Waals surface area contributed by atoms with E-state index >= 15 is 0 Å². The molecule has 0 spiro atoms. The molecular weight excluding hydrogens is 568 g/mol. The van der Waals surface area contributed by atoms with Crippen molar-refractivity contribution >= 4 is 51.2 Å². The number of carbonyl (C=O) groups is 1. The number of nitrogens with one attached hydrogen (secondary N) is 1. The number of nitrogens with zero attached hydrogens (tertiary/aromatic N) is 3. The molecule has 0 radical (unpaired) electrons. The molecule has 2 atom stereocenters. The summed E-state index contributed by atoms with van der Waals surface area (Å²) >= 11 is 8.41. The van der Waals surface area contributed by atoms with E-state index in [9.17, 15) is 4.79 Å². The maximum Gasteiger partial charge on any atom is 0.308 e. The van der Waals surface area contributed by atoms with Crippen molar-refractivity contribution in [1.29, 1.82) is 0 Å². The first kappa shape index (κ1) is 30.0. The maximum atomic E-state index is 12.1. The van der Waals surface area contributed by atoms with E-state index in [1.807, 2.05) is 25.1 Å². The van der Waals surface area contributed by atoms with Crippen molar-refractivity contribution in [2.75, 3.05) is 33.6 Å². The zero-order valence-corrected chi connectivity index (χ0v) is 26.5. The maximum absolute atomic E-state index is 12.1. The number of benzene rings is 2. The number of halogens is 1. The van der Waals surface area contributed by atoms with Gasteiger partial charge >= 0.3 is 5.97 Å². The molecule has 42 heavy (non-hydrogen) atoms. The lowest BCUT2D eigenvalue weighted by atomic mass is 9.86. The molecule has 4 aromatic rings. The third kappa shape index (κ3) is 6.31. The van der Waals surface area contributed by atoms with E-state index in [2.05, 4.69) is 60.9 Å². The van der Waals surface area contributed by atoms with E-state index in [4.69, 9.17) is 31.0 Å². The molecule has 0 saturated heterocycles. The Balaban J connectivity index is 1.47. The van der Waals surface area contributed by atoms with Gasteiger partial charge in [-0.3, -0.25) is 4.79 Å². The topological polar surface area (TPSA) is 76.6 Å². The molecule has 2 aromatic carbocycles. The molecule has 220 valence electrons. The smallest absolute Gasteiger partial charge is 0.308 e. The molecule has 0 aliphatic heterocycles. The second kappa shape index (κ2) is 12.8. The van der Waals surface area contributed by atoms with Gasteiger partial charge in [-0.05, 0) is 87.5 Å². The van der Waals surface area contributed by atoms with Gasteiger partial charge in [0, 0.05) is 39.0 Å². The van der Waals surface area contributed by atoms with Gasteiger partial charge in [0.2, 0.25) is 0 Å². The van der Waals surface area contributed by atoms with Crippen LogP contribution in [-0.4, -0.2) is 49.2 Å². The molecule has 0 bridgehead atoms. The Morgan fingerprint density at radius 2 is 2.02 bits per heavy atom. The first-order valence-electron chi connectivity index (χ1n) is 14.1.